The SMILES string of the molecule is O=C(O)C1(CNCC2CCC2)CC1. The second-order valence-corrected chi connectivity index (χ2v) is 4.51. The van der Waals surface area contributed by atoms with Crippen molar-refractivity contribution in [2.24, 2.45) is 11.3 Å². The number of rotatable bonds is 5. The molecule has 0 atom stereocenters. The number of carboxylic acids is 1. The average Bonchev–Trinajstić information content (AvgIpc) is 2.75. The normalized spacial score (nSPS) is 25.2. The van der Waals surface area contributed by atoms with Crippen LogP contribution in [0.25, 0.3) is 0 Å². The fourth-order valence-electron chi connectivity index (χ4n) is 1.83. The van der Waals surface area contributed by atoms with Crippen molar-refractivity contribution in [1.82, 2.24) is 5.32 Å². The Balaban J connectivity index is 1.64. The van der Waals surface area contributed by atoms with Crippen LogP contribution >= 0.6 is 0 Å². The molecule has 2 rings (SSSR count). The van der Waals surface area contributed by atoms with Crippen LogP contribution in [0.3, 0.4) is 0 Å². The number of nitrogens with one attached hydrogen (secondary N) is 1. The monoisotopic (exact) mass is 183 g/mol. The summed E-state index contributed by atoms with van der Waals surface area (Å²) in [5.74, 6) is 0.207. The van der Waals surface area contributed by atoms with E-state index in [0.717, 1.165) is 25.3 Å². The van der Waals surface area contributed by atoms with E-state index in [9.17, 15) is 4.79 Å². The lowest BCUT2D eigenvalue weighted by Gasteiger charge is -2.26. The Morgan fingerprint density at radius 3 is 2.54 bits per heavy atom. The number of carbonyl (C=O) groups is 1. The molecule has 3 nitrogen and oxygen atoms in total. The van der Waals surface area contributed by atoms with Gasteiger partial charge in [0, 0.05) is 6.54 Å². The van der Waals surface area contributed by atoms with Crippen molar-refractivity contribution in [3.8, 4) is 0 Å². The van der Waals surface area contributed by atoms with Crippen LogP contribution in [0.5, 0.6) is 0 Å². The van der Waals surface area contributed by atoms with Gasteiger partial charge in [0.15, 0.2) is 0 Å². The summed E-state index contributed by atoms with van der Waals surface area (Å²) in [5, 5.41) is 12.2. The van der Waals surface area contributed by atoms with Crippen LogP contribution in [0.4, 0.5) is 0 Å². The molecule has 0 saturated heterocycles. The minimum absolute atomic E-state index is 0.385. The standard InChI is InChI=1S/C10H17NO2/c12-9(13)10(4-5-10)7-11-6-8-2-1-3-8/h8,11H,1-7H2,(H,12,13). The summed E-state index contributed by atoms with van der Waals surface area (Å²) in [6.07, 6.45) is 5.73. The first kappa shape index (κ1) is 9.00. The van der Waals surface area contributed by atoms with Crippen molar-refractivity contribution >= 4 is 5.97 Å². The lowest BCUT2D eigenvalue weighted by molar-refractivity contribution is -0.143. The summed E-state index contributed by atoms with van der Waals surface area (Å²) in [4.78, 5) is 10.8. The highest BCUT2D eigenvalue weighted by Crippen LogP contribution is 2.45. The van der Waals surface area contributed by atoms with Gasteiger partial charge in [0.05, 0.1) is 5.41 Å². The zero-order valence-electron chi connectivity index (χ0n) is 7.88. The van der Waals surface area contributed by atoms with Crippen LogP contribution in [0, 0.1) is 11.3 Å². The zero-order chi connectivity index (χ0) is 9.31. The van der Waals surface area contributed by atoms with Crippen LogP contribution in [-0.2, 0) is 4.79 Å². The minimum Gasteiger partial charge on any atom is -0.481 e. The quantitative estimate of drug-likeness (QED) is 0.674. The lowest BCUT2D eigenvalue weighted by atomic mass is 9.85. The summed E-state index contributed by atoms with van der Waals surface area (Å²) >= 11 is 0. The van der Waals surface area contributed by atoms with Gasteiger partial charge in [-0.15, -0.1) is 0 Å². The van der Waals surface area contributed by atoms with Crippen molar-refractivity contribution < 1.29 is 9.90 Å². The van der Waals surface area contributed by atoms with Crippen LogP contribution in [0.2, 0.25) is 0 Å². The molecule has 3 heteroatoms. The van der Waals surface area contributed by atoms with Crippen LogP contribution in [0.15, 0.2) is 0 Å². The zero-order valence-corrected chi connectivity index (χ0v) is 7.88. The van der Waals surface area contributed by atoms with Gasteiger partial charge in [0.25, 0.3) is 0 Å². The molecule has 0 bridgehead atoms. The van der Waals surface area contributed by atoms with Gasteiger partial charge in [-0.25, -0.2) is 0 Å². The average molecular weight is 183 g/mol. The van der Waals surface area contributed by atoms with Gasteiger partial charge in [-0.2, -0.15) is 0 Å². The second-order valence-electron chi connectivity index (χ2n) is 4.51. The molecule has 2 N–H and O–H groups in total. The third kappa shape index (κ3) is 1.85. The largest absolute Gasteiger partial charge is 0.481 e. The first-order valence-corrected chi connectivity index (χ1v) is 5.17. The first-order valence-electron chi connectivity index (χ1n) is 5.17. The second kappa shape index (κ2) is 3.29. The smallest absolute Gasteiger partial charge is 0.310 e. The fourth-order valence-corrected chi connectivity index (χ4v) is 1.83. The molecule has 2 aliphatic rings. The van der Waals surface area contributed by atoms with E-state index in [-0.39, 0.29) is 5.41 Å². The molecule has 0 heterocycles. The molecule has 74 valence electrons. The maximum Gasteiger partial charge on any atom is 0.310 e. The maximum absolute atomic E-state index is 10.8. The molecule has 13 heavy (non-hydrogen) atoms. The van der Waals surface area contributed by atoms with E-state index >= 15 is 0 Å². The third-order valence-electron chi connectivity index (χ3n) is 3.43. The van der Waals surface area contributed by atoms with E-state index in [1.807, 2.05) is 0 Å². The van der Waals surface area contributed by atoms with E-state index in [1.54, 1.807) is 0 Å². The van der Waals surface area contributed by atoms with E-state index in [1.165, 1.54) is 19.3 Å². The van der Waals surface area contributed by atoms with Gasteiger partial charge in [-0.1, -0.05) is 6.42 Å². The van der Waals surface area contributed by atoms with Crippen molar-refractivity contribution in [3.63, 3.8) is 0 Å². The van der Waals surface area contributed by atoms with Crippen molar-refractivity contribution in [1.29, 1.82) is 0 Å². The molecule has 2 aliphatic carbocycles. The van der Waals surface area contributed by atoms with Crippen LogP contribution in [-0.4, -0.2) is 24.2 Å². The third-order valence-corrected chi connectivity index (χ3v) is 3.43. The van der Waals surface area contributed by atoms with Crippen molar-refractivity contribution in [2.75, 3.05) is 13.1 Å². The topological polar surface area (TPSA) is 49.3 Å². The molecule has 0 amide bonds. The number of aliphatic carboxylic acids is 1. The molecule has 2 saturated carbocycles. The van der Waals surface area contributed by atoms with Crippen LogP contribution in [0.1, 0.15) is 32.1 Å². The Morgan fingerprint density at radius 2 is 2.15 bits per heavy atom. The molecule has 0 aliphatic heterocycles. The van der Waals surface area contributed by atoms with E-state index in [0.29, 0.717) is 6.54 Å². The van der Waals surface area contributed by atoms with Crippen molar-refractivity contribution in [3.05, 3.63) is 0 Å². The molecule has 0 aromatic carbocycles. The minimum atomic E-state index is -0.617. The van der Waals surface area contributed by atoms with Gasteiger partial charge >= 0.3 is 5.97 Å². The molecule has 0 unspecified atom stereocenters. The number of hydrogen-bond acceptors (Lipinski definition) is 2. The maximum atomic E-state index is 10.8. The molecule has 0 aromatic heterocycles. The van der Waals surface area contributed by atoms with Crippen LogP contribution < -0.4 is 5.32 Å². The molecule has 0 spiro atoms. The van der Waals surface area contributed by atoms with Gasteiger partial charge < -0.3 is 10.4 Å². The van der Waals surface area contributed by atoms with E-state index < -0.39 is 5.97 Å². The molecule has 0 radical (unpaired) electrons. The van der Waals surface area contributed by atoms with Gasteiger partial charge in [0.2, 0.25) is 0 Å². The Hall–Kier alpha value is -0.570. The molecular formula is C10H17NO2. The highest BCUT2D eigenvalue weighted by atomic mass is 16.4. The molecular weight excluding hydrogens is 166 g/mol. The predicted molar refractivity (Wildman–Crippen MR) is 49.5 cm³/mol. The van der Waals surface area contributed by atoms with Crippen molar-refractivity contribution in [2.45, 2.75) is 32.1 Å². The molecule has 2 fully saturated rings. The van der Waals surface area contributed by atoms with E-state index in [2.05, 4.69) is 5.32 Å². The summed E-state index contributed by atoms with van der Waals surface area (Å²) in [6, 6.07) is 0. The predicted octanol–water partition coefficient (Wildman–Crippen LogP) is 1.24. The summed E-state index contributed by atoms with van der Waals surface area (Å²) in [7, 11) is 0. The van der Waals surface area contributed by atoms with Gasteiger partial charge in [-0.05, 0) is 38.1 Å². The summed E-state index contributed by atoms with van der Waals surface area (Å²) in [6.45, 7) is 1.70. The van der Waals surface area contributed by atoms with Gasteiger partial charge in [0.1, 0.15) is 0 Å². The Morgan fingerprint density at radius 1 is 1.46 bits per heavy atom. The highest BCUT2D eigenvalue weighted by Gasteiger charge is 2.49. The lowest BCUT2D eigenvalue weighted by Crippen LogP contribution is -2.34. The summed E-state index contributed by atoms with van der Waals surface area (Å²) in [5.41, 5.74) is -0.385. The number of carboxylic acid groups (broad SMARTS) is 1. The number of hydrogen-bond donors (Lipinski definition) is 2. The first-order chi connectivity index (χ1) is 6.23. The summed E-state index contributed by atoms with van der Waals surface area (Å²) < 4.78 is 0. The Bertz CT molecular complexity index is 207. The van der Waals surface area contributed by atoms with Gasteiger partial charge in [-0.3, -0.25) is 4.79 Å². The highest BCUT2D eigenvalue weighted by molar-refractivity contribution is 5.78. The van der Waals surface area contributed by atoms with E-state index in [4.69, 9.17) is 5.11 Å². The molecule has 0 aromatic rings. The Kier molecular flexibility index (Phi) is 2.28. The Labute approximate surface area is 78.5 Å². The fraction of sp³-hybridized carbons (Fsp3) is 0.900.